The Morgan fingerprint density at radius 1 is 1.23 bits per heavy atom. The highest BCUT2D eigenvalue weighted by atomic mass is 16.2. The molecular formula is C8H15N3O2. The van der Waals surface area contributed by atoms with Crippen LogP contribution in [0.1, 0.15) is 19.8 Å². The van der Waals surface area contributed by atoms with Crippen molar-refractivity contribution < 1.29 is 9.59 Å². The zero-order valence-corrected chi connectivity index (χ0v) is 7.72. The Morgan fingerprint density at radius 3 is 2.38 bits per heavy atom. The summed E-state index contributed by atoms with van der Waals surface area (Å²) in [6, 6.07) is 0.230. The van der Waals surface area contributed by atoms with Crippen LogP contribution in [0.25, 0.3) is 0 Å². The molecule has 0 aliphatic heterocycles. The first-order valence-electron chi connectivity index (χ1n) is 4.47. The number of nitrogens with one attached hydrogen (secondary N) is 3. The Kier molecular flexibility index (Phi) is 3.54. The van der Waals surface area contributed by atoms with Crippen molar-refractivity contribution >= 4 is 11.9 Å². The van der Waals surface area contributed by atoms with Crippen LogP contribution < -0.4 is 16.0 Å². The molecule has 1 saturated carbocycles. The molecule has 0 atom stereocenters. The molecule has 1 rings (SSSR count). The van der Waals surface area contributed by atoms with E-state index < -0.39 is 0 Å². The van der Waals surface area contributed by atoms with Gasteiger partial charge in [0.25, 0.3) is 0 Å². The average Bonchev–Trinajstić information content (AvgIpc) is 2.81. The van der Waals surface area contributed by atoms with Gasteiger partial charge in [-0.15, -0.1) is 0 Å². The third-order valence-electron chi connectivity index (χ3n) is 1.70. The third-order valence-corrected chi connectivity index (χ3v) is 1.70. The lowest BCUT2D eigenvalue weighted by Crippen LogP contribution is -2.40. The Bertz CT molecular complexity index is 202. The summed E-state index contributed by atoms with van der Waals surface area (Å²) in [5.74, 6) is -0.0793. The van der Waals surface area contributed by atoms with Crippen molar-refractivity contribution in [3.05, 3.63) is 0 Å². The van der Waals surface area contributed by atoms with Gasteiger partial charge in [0.05, 0.1) is 0 Å². The number of amides is 3. The maximum Gasteiger partial charge on any atom is 0.315 e. The lowest BCUT2D eigenvalue weighted by molar-refractivity contribution is -0.118. The molecular weight excluding hydrogens is 170 g/mol. The van der Waals surface area contributed by atoms with Crippen LogP contribution in [0.15, 0.2) is 0 Å². The highest BCUT2D eigenvalue weighted by molar-refractivity contribution is 5.75. The van der Waals surface area contributed by atoms with E-state index in [-0.39, 0.29) is 11.9 Å². The van der Waals surface area contributed by atoms with E-state index in [0.717, 1.165) is 12.8 Å². The van der Waals surface area contributed by atoms with Gasteiger partial charge in [0.1, 0.15) is 0 Å². The molecule has 0 unspecified atom stereocenters. The Balaban J connectivity index is 1.91. The quantitative estimate of drug-likeness (QED) is 0.521. The van der Waals surface area contributed by atoms with Crippen molar-refractivity contribution in [2.75, 3.05) is 13.1 Å². The van der Waals surface area contributed by atoms with E-state index in [9.17, 15) is 9.59 Å². The molecule has 5 nitrogen and oxygen atoms in total. The van der Waals surface area contributed by atoms with E-state index in [0.29, 0.717) is 19.1 Å². The second-order valence-electron chi connectivity index (χ2n) is 3.16. The summed E-state index contributed by atoms with van der Waals surface area (Å²) in [6.07, 6.45) is 2.16. The van der Waals surface area contributed by atoms with Crippen LogP contribution >= 0.6 is 0 Å². The first-order chi connectivity index (χ1) is 6.18. The maximum absolute atomic E-state index is 11.0. The van der Waals surface area contributed by atoms with Gasteiger partial charge in [0, 0.05) is 26.1 Å². The molecule has 1 aliphatic rings. The number of urea groups is 1. The minimum absolute atomic E-state index is 0.0793. The number of hydrogen-bond donors (Lipinski definition) is 3. The van der Waals surface area contributed by atoms with Gasteiger partial charge in [0.2, 0.25) is 5.91 Å². The van der Waals surface area contributed by atoms with Crippen molar-refractivity contribution in [1.82, 2.24) is 16.0 Å². The van der Waals surface area contributed by atoms with Crippen molar-refractivity contribution in [2.45, 2.75) is 25.8 Å². The smallest absolute Gasteiger partial charge is 0.315 e. The number of rotatable bonds is 4. The lowest BCUT2D eigenvalue weighted by Gasteiger charge is -2.06. The van der Waals surface area contributed by atoms with E-state index >= 15 is 0 Å². The van der Waals surface area contributed by atoms with Gasteiger partial charge in [-0.2, -0.15) is 0 Å². The summed E-state index contributed by atoms with van der Waals surface area (Å²) >= 11 is 0. The maximum atomic E-state index is 11.0. The third kappa shape index (κ3) is 5.05. The molecule has 1 aliphatic carbocycles. The predicted molar refractivity (Wildman–Crippen MR) is 48.2 cm³/mol. The van der Waals surface area contributed by atoms with E-state index in [1.807, 2.05) is 0 Å². The van der Waals surface area contributed by atoms with E-state index in [1.54, 1.807) is 0 Å². The molecule has 0 aromatic rings. The van der Waals surface area contributed by atoms with Gasteiger partial charge in [0.15, 0.2) is 0 Å². The number of hydrogen-bond acceptors (Lipinski definition) is 2. The molecule has 0 saturated heterocycles. The van der Waals surface area contributed by atoms with Gasteiger partial charge in [-0.1, -0.05) is 0 Å². The van der Waals surface area contributed by atoms with Gasteiger partial charge in [-0.25, -0.2) is 4.79 Å². The molecule has 3 amide bonds. The fraction of sp³-hybridized carbons (Fsp3) is 0.750. The summed E-state index contributed by atoms with van der Waals surface area (Å²) in [7, 11) is 0. The second kappa shape index (κ2) is 4.69. The second-order valence-corrected chi connectivity index (χ2v) is 3.16. The Labute approximate surface area is 77.3 Å². The van der Waals surface area contributed by atoms with E-state index in [4.69, 9.17) is 0 Å². The molecule has 0 spiro atoms. The molecule has 74 valence electrons. The SMILES string of the molecule is CC(=O)NCCNC(=O)NC1CC1. The van der Waals surface area contributed by atoms with Crippen molar-refractivity contribution in [2.24, 2.45) is 0 Å². The minimum Gasteiger partial charge on any atom is -0.355 e. The molecule has 0 radical (unpaired) electrons. The van der Waals surface area contributed by atoms with Crippen LogP contribution in [0, 0.1) is 0 Å². The normalized spacial score (nSPS) is 14.8. The van der Waals surface area contributed by atoms with Crippen molar-refractivity contribution in [3.63, 3.8) is 0 Å². The molecule has 3 N–H and O–H groups in total. The average molecular weight is 185 g/mol. The van der Waals surface area contributed by atoms with Crippen LogP contribution in [0.2, 0.25) is 0 Å². The zero-order valence-electron chi connectivity index (χ0n) is 7.72. The molecule has 0 aromatic heterocycles. The highest BCUT2D eigenvalue weighted by Crippen LogP contribution is 2.17. The van der Waals surface area contributed by atoms with Crippen LogP contribution in [-0.4, -0.2) is 31.1 Å². The summed E-state index contributed by atoms with van der Waals surface area (Å²) in [5, 5.41) is 8.01. The minimum atomic E-state index is -0.146. The zero-order chi connectivity index (χ0) is 9.68. The lowest BCUT2D eigenvalue weighted by atomic mass is 10.5. The van der Waals surface area contributed by atoms with Crippen molar-refractivity contribution in [3.8, 4) is 0 Å². The Morgan fingerprint density at radius 2 is 1.85 bits per heavy atom. The summed E-state index contributed by atoms with van der Waals surface area (Å²) in [6.45, 7) is 2.40. The molecule has 13 heavy (non-hydrogen) atoms. The largest absolute Gasteiger partial charge is 0.355 e. The Hall–Kier alpha value is -1.26. The van der Waals surface area contributed by atoms with E-state index in [1.165, 1.54) is 6.92 Å². The molecule has 1 fully saturated rings. The molecule has 0 heterocycles. The van der Waals surface area contributed by atoms with Gasteiger partial charge in [-0.3, -0.25) is 4.79 Å². The fourth-order valence-electron chi connectivity index (χ4n) is 0.879. The molecule has 5 heteroatoms. The van der Waals surface area contributed by atoms with E-state index in [2.05, 4.69) is 16.0 Å². The highest BCUT2D eigenvalue weighted by Gasteiger charge is 2.22. The monoisotopic (exact) mass is 185 g/mol. The van der Waals surface area contributed by atoms with Crippen LogP contribution in [0.5, 0.6) is 0 Å². The topological polar surface area (TPSA) is 70.2 Å². The first-order valence-corrected chi connectivity index (χ1v) is 4.47. The van der Waals surface area contributed by atoms with Crippen LogP contribution in [-0.2, 0) is 4.79 Å². The summed E-state index contributed by atoms with van der Waals surface area (Å²) < 4.78 is 0. The van der Waals surface area contributed by atoms with Gasteiger partial charge in [-0.05, 0) is 12.8 Å². The van der Waals surface area contributed by atoms with Gasteiger partial charge < -0.3 is 16.0 Å². The predicted octanol–water partition coefficient (Wildman–Crippen LogP) is -0.416. The fourth-order valence-corrected chi connectivity index (χ4v) is 0.879. The number of carbonyl (C=O) groups is 2. The van der Waals surface area contributed by atoms with Crippen LogP contribution in [0.4, 0.5) is 4.79 Å². The summed E-state index contributed by atoms with van der Waals surface area (Å²) in [5.41, 5.74) is 0. The van der Waals surface area contributed by atoms with Crippen molar-refractivity contribution in [1.29, 1.82) is 0 Å². The molecule has 0 aromatic carbocycles. The first kappa shape index (κ1) is 9.83. The number of carbonyl (C=O) groups excluding carboxylic acids is 2. The van der Waals surface area contributed by atoms with Gasteiger partial charge >= 0.3 is 6.03 Å². The summed E-state index contributed by atoms with van der Waals surface area (Å²) in [4.78, 5) is 21.4. The molecule has 0 bridgehead atoms. The van der Waals surface area contributed by atoms with Crippen LogP contribution in [0.3, 0.4) is 0 Å². The standard InChI is InChI=1S/C8H15N3O2/c1-6(12)9-4-5-10-8(13)11-7-2-3-7/h7H,2-5H2,1H3,(H,9,12)(H2,10,11,13).